The summed E-state index contributed by atoms with van der Waals surface area (Å²) in [6, 6.07) is 99.2. The van der Waals surface area contributed by atoms with E-state index in [9.17, 15) is 0 Å². The van der Waals surface area contributed by atoms with Gasteiger partial charge < -0.3 is 10.2 Å². The molecule has 0 amide bonds. The van der Waals surface area contributed by atoms with E-state index >= 15 is 0 Å². The van der Waals surface area contributed by atoms with Gasteiger partial charge >= 0.3 is 0 Å². The Labute approximate surface area is 419 Å². The second kappa shape index (κ2) is 17.2. The Bertz CT molecular complexity index is 4100. The molecule has 0 radical (unpaired) electrons. The molecule has 13 aromatic rings. The van der Waals surface area contributed by atoms with Crippen molar-refractivity contribution in [2.75, 3.05) is 10.2 Å². The van der Waals surface area contributed by atoms with E-state index < -0.39 is 0 Å². The summed E-state index contributed by atoms with van der Waals surface area (Å²) >= 11 is 0. The molecule has 0 fully saturated rings. The van der Waals surface area contributed by atoms with E-state index in [2.05, 4.69) is 247 Å². The molecule has 336 valence electrons. The minimum atomic E-state index is 1.05. The highest BCUT2D eigenvalue weighted by Crippen LogP contribution is 2.55. The number of rotatable bonds is 7. The largest absolute Gasteiger partial charge is 0.356 e. The van der Waals surface area contributed by atoms with E-state index in [0.717, 1.165) is 28.4 Å². The lowest BCUT2D eigenvalue weighted by Gasteiger charge is -2.27. The highest BCUT2D eigenvalue weighted by Gasteiger charge is 2.28. The molecule has 0 bridgehead atoms. The predicted molar refractivity (Wildman–Crippen MR) is 307 cm³/mol. The lowest BCUT2D eigenvalue weighted by atomic mass is 9.82. The summed E-state index contributed by atoms with van der Waals surface area (Å²) in [4.78, 5) is 2.39. The Balaban J connectivity index is 0.000000751. The quantitative estimate of drug-likeness (QED) is 0.160. The highest BCUT2D eigenvalue weighted by atomic mass is 15.1. The van der Waals surface area contributed by atoms with Crippen LogP contribution in [-0.4, -0.2) is 0 Å². The molecule has 13 aromatic carbocycles. The fourth-order valence-corrected chi connectivity index (χ4v) is 11.7. The van der Waals surface area contributed by atoms with Gasteiger partial charge in [0.2, 0.25) is 0 Å². The van der Waals surface area contributed by atoms with E-state index in [4.69, 9.17) is 0 Å². The number of nitrogens with one attached hydrogen (secondary N) is 1. The maximum atomic E-state index is 3.78. The van der Waals surface area contributed by atoms with E-state index in [0.29, 0.717) is 0 Å². The summed E-state index contributed by atoms with van der Waals surface area (Å²) in [7, 11) is 0. The van der Waals surface area contributed by atoms with Crippen LogP contribution in [0.4, 0.5) is 28.4 Å². The van der Waals surface area contributed by atoms with Crippen LogP contribution in [0.15, 0.2) is 273 Å². The van der Waals surface area contributed by atoms with Crippen molar-refractivity contribution in [3.63, 3.8) is 0 Å². The first kappa shape index (κ1) is 41.5. The summed E-state index contributed by atoms with van der Waals surface area (Å²) in [6.45, 7) is 0. The molecule has 2 aliphatic carbocycles. The molecule has 0 unspecified atom stereocenters. The average Bonchev–Trinajstić information content (AvgIpc) is 3.96. The van der Waals surface area contributed by atoms with Crippen molar-refractivity contribution < 1.29 is 0 Å². The molecule has 0 heterocycles. The lowest BCUT2D eigenvalue weighted by molar-refractivity contribution is 1.29. The molecule has 0 spiro atoms. The Morgan fingerprint density at radius 1 is 0.208 bits per heavy atom. The van der Waals surface area contributed by atoms with Gasteiger partial charge in [-0.2, -0.15) is 0 Å². The van der Waals surface area contributed by atoms with Crippen LogP contribution < -0.4 is 10.2 Å². The third-order valence-corrected chi connectivity index (χ3v) is 14.8. The molecule has 0 aliphatic heterocycles. The minimum absolute atomic E-state index is 1.05. The van der Waals surface area contributed by atoms with Crippen LogP contribution in [0.2, 0.25) is 0 Å². The van der Waals surface area contributed by atoms with Crippen molar-refractivity contribution in [1.29, 1.82) is 0 Å². The standard InChI is InChI=1S/C64H40N2.C6H6/c1-4-16-40(17-5-1)65-41-30-32-57-59(38-41)63(55-36-34-53-47-24-12-10-22-45(47)49-26-14-28-51(55)61(49)53)58-33-31-44(66(42-18-6-2-7-19-42)43-20-8-3-9-21-43)39-60(58)64(57)56-37-35-54-48-25-13-11-23-46(48)50-27-15-29-52(56)62(50)54;1-2-4-6-5-3-1/h1-39,65H;1-6H. The summed E-state index contributed by atoms with van der Waals surface area (Å²) in [6.07, 6.45) is 0. The van der Waals surface area contributed by atoms with Gasteiger partial charge in [0, 0.05) is 28.4 Å². The maximum Gasteiger partial charge on any atom is 0.0468 e. The SMILES string of the molecule is c1ccc(Nc2ccc3c(-c4ccc5c6c(cccc46)-c4ccccc4-5)c4cc(N(c5ccccc5)c5ccccc5)ccc4c(-c4ccc5c6c(cccc46)-c4ccccc4-5)c3c2)cc1.c1ccccc1. The second-order valence-electron chi connectivity index (χ2n) is 18.8. The summed E-state index contributed by atoms with van der Waals surface area (Å²) < 4.78 is 0. The smallest absolute Gasteiger partial charge is 0.0468 e. The fourth-order valence-electron chi connectivity index (χ4n) is 11.7. The monoisotopic (exact) mass is 914 g/mol. The average molecular weight is 915 g/mol. The number of fused-ring (bicyclic) bond motifs is 8. The van der Waals surface area contributed by atoms with Crippen molar-refractivity contribution in [2.45, 2.75) is 0 Å². The molecule has 2 nitrogen and oxygen atoms in total. The van der Waals surface area contributed by atoms with Crippen molar-refractivity contribution in [2.24, 2.45) is 0 Å². The van der Waals surface area contributed by atoms with E-state index in [-0.39, 0.29) is 0 Å². The molecule has 0 saturated carbocycles. The van der Waals surface area contributed by atoms with Crippen LogP contribution in [0.5, 0.6) is 0 Å². The number of hydrogen-bond acceptors (Lipinski definition) is 2. The first-order valence-corrected chi connectivity index (χ1v) is 24.8. The number of para-hydroxylation sites is 3. The van der Waals surface area contributed by atoms with Gasteiger partial charge in [0.15, 0.2) is 0 Å². The molecule has 0 saturated heterocycles. The topological polar surface area (TPSA) is 15.3 Å². The van der Waals surface area contributed by atoms with E-state index in [1.165, 1.54) is 110 Å². The summed E-state index contributed by atoms with van der Waals surface area (Å²) in [5, 5.41) is 13.8. The molecule has 0 aromatic heterocycles. The van der Waals surface area contributed by atoms with Crippen molar-refractivity contribution in [3.8, 4) is 66.8 Å². The van der Waals surface area contributed by atoms with Crippen LogP contribution >= 0.6 is 0 Å². The van der Waals surface area contributed by atoms with Crippen LogP contribution in [0.25, 0.3) is 110 Å². The molecular formula is C70H46N2. The third kappa shape index (κ3) is 6.72. The number of hydrogen-bond donors (Lipinski definition) is 1. The van der Waals surface area contributed by atoms with Crippen LogP contribution in [-0.2, 0) is 0 Å². The van der Waals surface area contributed by atoms with Gasteiger partial charge in [0.05, 0.1) is 0 Å². The number of nitrogens with zero attached hydrogens (tertiary/aromatic N) is 1. The molecular weight excluding hydrogens is 869 g/mol. The molecule has 15 rings (SSSR count). The molecule has 0 atom stereocenters. The Hall–Kier alpha value is -9.50. The highest BCUT2D eigenvalue weighted by molar-refractivity contribution is 6.29. The number of anilines is 5. The van der Waals surface area contributed by atoms with Gasteiger partial charge in [-0.25, -0.2) is 0 Å². The van der Waals surface area contributed by atoms with Gasteiger partial charge in [0.1, 0.15) is 0 Å². The van der Waals surface area contributed by atoms with Crippen LogP contribution in [0, 0.1) is 0 Å². The fraction of sp³-hybridized carbons (Fsp3) is 0. The second-order valence-corrected chi connectivity index (χ2v) is 18.8. The Kier molecular flexibility index (Phi) is 9.89. The van der Waals surface area contributed by atoms with E-state index in [1.54, 1.807) is 0 Å². The van der Waals surface area contributed by atoms with Gasteiger partial charge in [-0.15, -0.1) is 0 Å². The maximum absolute atomic E-state index is 3.78. The zero-order valence-corrected chi connectivity index (χ0v) is 39.4. The Morgan fingerprint density at radius 3 is 1.07 bits per heavy atom. The molecule has 2 heteroatoms. The van der Waals surface area contributed by atoms with Gasteiger partial charge in [0.25, 0.3) is 0 Å². The third-order valence-electron chi connectivity index (χ3n) is 14.8. The van der Waals surface area contributed by atoms with Gasteiger partial charge in [-0.05, 0) is 171 Å². The van der Waals surface area contributed by atoms with Gasteiger partial charge in [-0.3, -0.25) is 0 Å². The Morgan fingerprint density at radius 2 is 0.583 bits per heavy atom. The zero-order valence-electron chi connectivity index (χ0n) is 39.4. The van der Waals surface area contributed by atoms with Crippen LogP contribution in [0.3, 0.4) is 0 Å². The first-order chi connectivity index (χ1) is 35.8. The van der Waals surface area contributed by atoms with Crippen molar-refractivity contribution >= 4 is 71.5 Å². The number of benzene rings is 13. The summed E-state index contributed by atoms with van der Waals surface area (Å²) in [5.74, 6) is 0. The minimum Gasteiger partial charge on any atom is -0.356 e. The molecule has 72 heavy (non-hydrogen) atoms. The zero-order chi connectivity index (χ0) is 47.5. The summed E-state index contributed by atoms with van der Waals surface area (Å²) in [5.41, 5.74) is 20.7. The first-order valence-electron chi connectivity index (χ1n) is 24.8. The predicted octanol–water partition coefficient (Wildman–Crippen LogP) is 19.8. The van der Waals surface area contributed by atoms with Gasteiger partial charge in [-0.1, -0.05) is 212 Å². The molecule has 1 N–H and O–H groups in total. The van der Waals surface area contributed by atoms with Crippen molar-refractivity contribution in [1.82, 2.24) is 0 Å². The normalized spacial score (nSPS) is 11.6. The lowest BCUT2D eigenvalue weighted by Crippen LogP contribution is -2.09. The van der Waals surface area contributed by atoms with Crippen molar-refractivity contribution in [3.05, 3.63) is 273 Å². The molecule has 2 aliphatic rings. The van der Waals surface area contributed by atoms with E-state index in [1.807, 2.05) is 36.4 Å². The van der Waals surface area contributed by atoms with Crippen LogP contribution in [0.1, 0.15) is 0 Å².